The van der Waals surface area contributed by atoms with Crippen molar-refractivity contribution in [3.05, 3.63) is 114 Å². The van der Waals surface area contributed by atoms with E-state index in [1.54, 1.807) is 0 Å². The highest BCUT2D eigenvalue weighted by molar-refractivity contribution is 5.95. The first-order chi connectivity index (χ1) is 12.3. The fourth-order valence-electron chi connectivity index (χ4n) is 3.17. The molecule has 0 bridgehead atoms. The first-order valence-electron chi connectivity index (χ1n) is 8.40. The molecule has 2 heteroatoms. The van der Waals surface area contributed by atoms with Crippen LogP contribution in [0.2, 0.25) is 0 Å². The summed E-state index contributed by atoms with van der Waals surface area (Å²) < 4.78 is 6.13. The molecule has 1 aliphatic rings. The van der Waals surface area contributed by atoms with Crippen LogP contribution in [0.5, 0.6) is 0 Å². The van der Waals surface area contributed by atoms with Gasteiger partial charge in [0, 0.05) is 5.56 Å². The van der Waals surface area contributed by atoms with E-state index in [2.05, 4.69) is 0 Å². The van der Waals surface area contributed by atoms with Gasteiger partial charge in [0.25, 0.3) is 0 Å². The van der Waals surface area contributed by atoms with E-state index in [1.165, 1.54) is 0 Å². The molecule has 1 aliphatic heterocycles. The Kier molecular flexibility index (Phi) is 4.17. The summed E-state index contributed by atoms with van der Waals surface area (Å²) in [7, 11) is 0. The van der Waals surface area contributed by atoms with Gasteiger partial charge in [-0.3, -0.25) is 4.79 Å². The number of Topliss-reactive ketones (excluding diaryl/α,β-unsaturated/α-hetero) is 1. The third-order valence-electron chi connectivity index (χ3n) is 4.45. The molecule has 25 heavy (non-hydrogen) atoms. The maximum absolute atomic E-state index is 13.1. The first-order valence-corrected chi connectivity index (χ1v) is 8.40. The highest BCUT2D eigenvalue weighted by atomic mass is 16.5. The maximum Gasteiger partial charge on any atom is 0.189 e. The van der Waals surface area contributed by atoms with Gasteiger partial charge in [-0.05, 0) is 17.2 Å². The second-order valence-electron chi connectivity index (χ2n) is 6.10. The normalized spacial score (nSPS) is 19.8. The molecule has 2 atom stereocenters. The Labute approximate surface area is 147 Å². The monoisotopic (exact) mass is 326 g/mol. The van der Waals surface area contributed by atoms with E-state index < -0.39 is 6.10 Å². The van der Waals surface area contributed by atoms with Gasteiger partial charge in [-0.25, -0.2) is 0 Å². The van der Waals surface area contributed by atoms with E-state index in [-0.39, 0.29) is 11.7 Å². The molecule has 3 aromatic carbocycles. The first kappa shape index (κ1) is 15.4. The lowest BCUT2D eigenvalue weighted by atomic mass is 9.86. The lowest BCUT2D eigenvalue weighted by molar-refractivity contribution is -0.128. The van der Waals surface area contributed by atoms with Gasteiger partial charge < -0.3 is 4.74 Å². The van der Waals surface area contributed by atoms with Gasteiger partial charge in [0.05, 0.1) is 5.92 Å². The molecule has 0 amide bonds. The smallest absolute Gasteiger partial charge is 0.189 e. The minimum atomic E-state index is -0.591. The van der Waals surface area contributed by atoms with Gasteiger partial charge in [0.15, 0.2) is 11.9 Å². The fourth-order valence-corrected chi connectivity index (χ4v) is 3.17. The molecule has 0 saturated carbocycles. The molecule has 0 saturated heterocycles. The molecule has 0 spiro atoms. The molecule has 2 unspecified atom stereocenters. The van der Waals surface area contributed by atoms with Crippen molar-refractivity contribution in [2.75, 3.05) is 0 Å². The predicted octanol–water partition coefficient (Wildman–Crippen LogP) is 5.15. The molecule has 1 heterocycles. The Hall–Kier alpha value is -3.13. The number of allylic oxidation sites excluding steroid dienone is 1. The van der Waals surface area contributed by atoms with E-state index in [0.29, 0.717) is 0 Å². The van der Waals surface area contributed by atoms with E-state index >= 15 is 0 Å². The summed E-state index contributed by atoms with van der Waals surface area (Å²) in [4.78, 5) is 13.1. The Balaban J connectivity index is 1.80. The SMILES string of the molecule is O=C1C(c2ccccc2)C=C(c2ccccc2)OC1c1ccccc1. The molecule has 122 valence electrons. The van der Waals surface area contributed by atoms with Crippen LogP contribution in [-0.4, -0.2) is 5.78 Å². The summed E-state index contributed by atoms with van der Waals surface area (Å²) in [5, 5.41) is 0. The highest BCUT2D eigenvalue weighted by Crippen LogP contribution is 2.38. The van der Waals surface area contributed by atoms with Gasteiger partial charge >= 0.3 is 0 Å². The highest BCUT2D eigenvalue weighted by Gasteiger charge is 2.35. The van der Waals surface area contributed by atoms with Crippen molar-refractivity contribution >= 4 is 11.5 Å². The summed E-state index contributed by atoms with van der Waals surface area (Å²) in [6, 6.07) is 29.5. The average molecular weight is 326 g/mol. The quantitative estimate of drug-likeness (QED) is 0.665. The Morgan fingerprint density at radius 1 is 0.640 bits per heavy atom. The lowest BCUT2D eigenvalue weighted by Crippen LogP contribution is -2.26. The van der Waals surface area contributed by atoms with Gasteiger partial charge in [0.1, 0.15) is 5.76 Å². The molecule has 0 aliphatic carbocycles. The van der Waals surface area contributed by atoms with Crippen LogP contribution in [-0.2, 0) is 9.53 Å². The largest absolute Gasteiger partial charge is 0.478 e. The van der Waals surface area contributed by atoms with Crippen LogP contribution in [0.4, 0.5) is 0 Å². The van der Waals surface area contributed by atoms with Crippen molar-refractivity contribution in [3.63, 3.8) is 0 Å². The zero-order valence-corrected chi connectivity index (χ0v) is 13.7. The number of carbonyl (C=O) groups is 1. The van der Waals surface area contributed by atoms with Crippen LogP contribution in [0.3, 0.4) is 0 Å². The summed E-state index contributed by atoms with van der Waals surface area (Å²) in [6.07, 6.45) is 1.35. The Morgan fingerprint density at radius 2 is 1.16 bits per heavy atom. The van der Waals surface area contributed by atoms with Gasteiger partial charge in [0.2, 0.25) is 0 Å². The van der Waals surface area contributed by atoms with Crippen molar-refractivity contribution in [1.29, 1.82) is 0 Å². The van der Waals surface area contributed by atoms with Crippen LogP contribution in [0.25, 0.3) is 5.76 Å². The molecule has 0 fully saturated rings. The van der Waals surface area contributed by atoms with Crippen molar-refractivity contribution in [2.24, 2.45) is 0 Å². The number of carbonyl (C=O) groups excluding carboxylic acids is 1. The number of benzene rings is 3. The molecule has 0 aromatic heterocycles. The van der Waals surface area contributed by atoms with Crippen LogP contribution in [0.15, 0.2) is 97.1 Å². The van der Waals surface area contributed by atoms with E-state index in [4.69, 9.17) is 4.74 Å². The van der Waals surface area contributed by atoms with Crippen molar-refractivity contribution in [3.8, 4) is 0 Å². The minimum Gasteiger partial charge on any atom is -0.478 e. The lowest BCUT2D eigenvalue weighted by Gasteiger charge is -2.29. The van der Waals surface area contributed by atoms with Crippen molar-refractivity contribution < 1.29 is 9.53 Å². The Bertz CT molecular complexity index is 883. The van der Waals surface area contributed by atoms with Crippen molar-refractivity contribution in [1.82, 2.24) is 0 Å². The molecule has 4 rings (SSSR count). The van der Waals surface area contributed by atoms with Gasteiger partial charge in [-0.15, -0.1) is 0 Å². The topological polar surface area (TPSA) is 26.3 Å². The van der Waals surface area contributed by atoms with Gasteiger partial charge in [-0.1, -0.05) is 91.0 Å². The Morgan fingerprint density at radius 3 is 1.76 bits per heavy atom. The van der Waals surface area contributed by atoms with E-state index in [0.717, 1.165) is 22.4 Å². The predicted molar refractivity (Wildman–Crippen MR) is 98.9 cm³/mol. The molecule has 2 nitrogen and oxygen atoms in total. The zero-order chi connectivity index (χ0) is 17.1. The molecule has 3 aromatic rings. The average Bonchev–Trinajstić information content (AvgIpc) is 2.70. The van der Waals surface area contributed by atoms with Crippen LogP contribution >= 0.6 is 0 Å². The summed E-state index contributed by atoms with van der Waals surface area (Å²) >= 11 is 0. The van der Waals surface area contributed by atoms with Crippen LogP contribution in [0, 0.1) is 0 Å². The summed E-state index contributed by atoms with van der Waals surface area (Å²) in [5.74, 6) is 0.510. The van der Waals surface area contributed by atoms with Crippen molar-refractivity contribution in [2.45, 2.75) is 12.0 Å². The maximum atomic E-state index is 13.1. The number of hydrogen-bond acceptors (Lipinski definition) is 2. The second kappa shape index (κ2) is 6.78. The second-order valence-corrected chi connectivity index (χ2v) is 6.10. The van der Waals surface area contributed by atoms with E-state index in [9.17, 15) is 4.79 Å². The minimum absolute atomic E-state index is 0.0667. The number of ketones is 1. The number of ether oxygens (including phenoxy) is 1. The van der Waals surface area contributed by atoms with E-state index in [1.807, 2.05) is 97.1 Å². The zero-order valence-electron chi connectivity index (χ0n) is 13.7. The number of hydrogen-bond donors (Lipinski definition) is 0. The number of rotatable bonds is 3. The standard InChI is InChI=1S/C23H18O2/c24-22-20(17-10-4-1-5-11-17)16-21(18-12-6-2-7-13-18)25-23(22)19-14-8-3-9-15-19/h1-16,20,23H. The third kappa shape index (κ3) is 3.11. The van der Waals surface area contributed by atoms with Crippen LogP contribution < -0.4 is 0 Å². The molecular weight excluding hydrogens is 308 g/mol. The molecule has 0 N–H and O–H groups in total. The molecule has 0 radical (unpaired) electrons. The third-order valence-corrected chi connectivity index (χ3v) is 4.45. The molecular formula is C23H18O2. The van der Waals surface area contributed by atoms with Gasteiger partial charge in [-0.2, -0.15) is 0 Å². The fraction of sp³-hybridized carbons (Fsp3) is 0.0870. The summed E-state index contributed by atoms with van der Waals surface area (Å²) in [5.41, 5.74) is 2.86. The van der Waals surface area contributed by atoms with Crippen LogP contribution in [0.1, 0.15) is 28.7 Å². The summed E-state index contributed by atoms with van der Waals surface area (Å²) in [6.45, 7) is 0.